The Bertz CT molecular complexity index is 413. The number of nitrogens with one attached hydrogen (secondary N) is 1. The topological polar surface area (TPSA) is 21.3 Å². The molecule has 1 aliphatic rings. The van der Waals surface area contributed by atoms with E-state index < -0.39 is 0 Å². The first-order valence-electron chi connectivity index (χ1n) is 8.23. The summed E-state index contributed by atoms with van der Waals surface area (Å²) in [6, 6.07) is 4.82. The van der Waals surface area contributed by atoms with Crippen molar-refractivity contribution in [3.8, 4) is 0 Å². The van der Waals surface area contributed by atoms with Gasteiger partial charge in [-0.2, -0.15) is 0 Å². The molecule has 0 spiro atoms. The molecule has 1 unspecified atom stereocenters. The summed E-state index contributed by atoms with van der Waals surface area (Å²) in [6.07, 6.45) is 9.94. The van der Waals surface area contributed by atoms with Crippen LogP contribution in [-0.2, 0) is 11.2 Å². The zero-order chi connectivity index (χ0) is 15.1. The normalized spacial score (nSPS) is 20.1. The second kappa shape index (κ2) is 8.66. The first-order valence-corrected chi connectivity index (χ1v) is 9.84. The average Bonchev–Trinajstić information content (AvgIpc) is 2.76. The first-order chi connectivity index (χ1) is 10.2. The van der Waals surface area contributed by atoms with Crippen LogP contribution in [0.2, 0.25) is 0 Å². The molecule has 0 aromatic carbocycles. The summed E-state index contributed by atoms with van der Waals surface area (Å²) in [6.45, 7) is 3.31. The Kier molecular flexibility index (Phi) is 7.20. The highest BCUT2D eigenvalue weighted by molar-refractivity contribution is 9.11. The fourth-order valence-corrected chi connectivity index (χ4v) is 4.98. The van der Waals surface area contributed by atoms with Crippen molar-refractivity contribution in [2.24, 2.45) is 0 Å². The minimum Gasteiger partial charge on any atom is -0.377 e. The monoisotopic (exact) mass is 373 g/mol. The number of hydrogen-bond donors (Lipinski definition) is 1. The smallest absolute Gasteiger partial charge is 0.0834 e. The Morgan fingerprint density at radius 3 is 2.52 bits per heavy atom. The molecule has 1 atom stereocenters. The van der Waals surface area contributed by atoms with E-state index in [4.69, 9.17) is 4.74 Å². The highest BCUT2D eigenvalue weighted by Gasteiger charge is 2.39. The standard InChI is InChI=1S/C17H28BrNOS/c1-3-12-19-15(13-14-8-9-16(18)21-14)17(20-2)10-6-4-5-7-11-17/h8-9,15,19H,3-7,10-13H2,1-2H3. The van der Waals surface area contributed by atoms with Crippen molar-refractivity contribution in [1.82, 2.24) is 5.32 Å². The maximum Gasteiger partial charge on any atom is 0.0834 e. The summed E-state index contributed by atoms with van der Waals surface area (Å²) in [4.78, 5) is 1.44. The van der Waals surface area contributed by atoms with Gasteiger partial charge in [0.15, 0.2) is 0 Å². The molecule has 0 aliphatic heterocycles. The van der Waals surface area contributed by atoms with Gasteiger partial charge in [0.05, 0.1) is 9.39 Å². The minimum atomic E-state index is 0.0160. The third-order valence-corrected chi connectivity index (χ3v) is 6.31. The van der Waals surface area contributed by atoms with E-state index in [1.807, 2.05) is 18.4 Å². The Morgan fingerprint density at radius 2 is 2.00 bits per heavy atom. The van der Waals surface area contributed by atoms with Crippen LogP contribution < -0.4 is 5.32 Å². The number of rotatable bonds is 7. The highest BCUT2D eigenvalue weighted by Crippen LogP contribution is 2.35. The number of hydrogen-bond acceptors (Lipinski definition) is 3. The molecule has 1 aromatic heterocycles. The molecule has 1 fully saturated rings. The molecule has 2 rings (SSSR count). The molecule has 0 saturated heterocycles. The molecule has 0 amide bonds. The number of ether oxygens (including phenoxy) is 1. The van der Waals surface area contributed by atoms with Gasteiger partial charge in [-0.3, -0.25) is 0 Å². The van der Waals surface area contributed by atoms with Crippen molar-refractivity contribution in [2.75, 3.05) is 13.7 Å². The summed E-state index contributed by atoms with van der Waals surface area (Å²) >= 11 is 5.43. The van der Waals surface area contributed by atoms with Crippen LogP contribution in [0.1, 0.15) is 56.7 Å². The summed E-state index contributed by atoms with van der Waals surface area (Å²) < 4.78 is 7.35. The van der Waals surface area contributed by atoms with Crippen molar-refractivity contribution < 1.29 is 4.74 Å². The van der Waals surface area contributed by atoms with Crippen LogP contribution in [0, 0.1) is 0 Å². The Labute approximate surface area is 141 Å². The highest BCUT2D eigenvalue weighted by atomic mass is 79.9. The largest absolute Gasteiger partial charge is 0.377 e. The van der Waals surface area contributed by atoms with Gasteiger partial charge >= 0.3 is 0 Å². The third-order valence-electron chi connectivity index (χ3n) is 4.67. The van der Waals surface area contributed by atoms with Crippen molar-refractivity contribution in [3.05, 3.63) is 20.8 Å². The number of halogens is 1. The second-order valence-corrected chi connectivity index (χ2v) is 8.65. The number of thiophene rings is 1. The molecule has 1 aromatic rings. The zero-order valence-electron chi connectivity index (χ0n) is 13.3. The van der Waals surface area contributed by atoms with Gasteiger partial charge in [0.2, 0.25) is 0 Å². The van der Waals surface area contributed by atoms with E-state index in [1.165, 1.54) is 53.6 Å². The summed E-state index contributed by atoms with van der Waals surface area (Å²) in [7, 11) is 1.91. The molecule has 1 aliphatic carbocycles. The van der Waals surface area contributed by atoms with E-state index >= 15 is 0 Å². The molecule has 1 saturated carbocycles. The lowest BCUT2D eigenvalue weighted by molar-refractivity contribution is -0.0524. The van der Waals surface area contributed by atoms with Gasteiger partial charge < -0.3 is 10.1 Å². The molecular weight excluding hydrogens is 346 g/mol. The molecule has 21 heavy (non-hydrogen) atoms. The van der Waals surface area contributed by atoms with Gasteiger partial charge in [-0.05, 0) is 60.3 Å². The van der Waals surface area contributed by atoms with Gasteiger partial charge in [-0.1, -0.05) is 32.6 Å². The second-order valence-electron chi connectivity index (χ2n) is 6.10. The lowest BCUT2D eigenvalue weighted by Gasteiger charge is -2.40. The Hall–Kier alpha value is 0.1000. The van der Waals surface area contributed by atoms with Crippen LogP contribution in [-0.4, -0.2) is 25.3 Å². The van der Waals surface area contributed by atoms with Crippen LogP contribution in [0.5, 0.6) is 0 Å². The predicted octanol–water partition coefficient (Wildman–Crippen LogP) is 5.16. The van der Waals surface area contributed by atoms with E-state index in [1.54, 1.807) is 0 Å². The van der Waals surface area contributed by atoms with E-state index in [-0.39, 0.29) is 5.60 Å². The van der Waals surface area contributed by atoms with E-state index in [9.17, 15) is 0 Å². The van der Waals surface area contributed by atoms with E-state index in [0.29, 0.717) is 6.04 Å². The molecule has 4 heteroatoms. The van der Waals surface area contributed by atoms with Crippen LogP contribution in [0.3, 0.4) is 0 Å². The lowest BCUT2D eigenvalue weighted by Crippen LogP contribution is -2.53. The lowest BCUT2D eigenvalue weighted by atomic mass is 9.83. The predicted molar refractivity (Wildman–Crippen MR) is 95.2 cm³/mol. The fourth-order valence-electron chi connectivity index (χ4n) is 3.45. The first kappa shape index (κ1) is 17.5. The minimum absolute atomic E-state index is 0.0160. The van der Waals surface area contributed by atoms with Gasteiger partial charge in [-0.15, -0.1) is 11.3 Å². The third kappa shape index (κ3) is 4.78. The quantitative estimate of drug-likeness (QED) is 0.666. The molecule has 1 heterocycles. The maximum absolute atomic E-state index is 6.13. The number of methoxy groups -OCH3 is 1. The van der Waals surface area contributed by atoms with E-state index in [0.717, 1.165) is 13.0 Å². The SMILES string of the molecule is CCCNC(Cc1ccc(Br)s1)C1(OC)CCCCCC1. The van der Waals surface area contributed by atoms with Gasteiger partial charge in [0, 0.05) is 18.0 Å². The zero-order valence-corrected chi connectivity index (χ0v) is 15.7. The van der Waals surface area contributed by atoms with E-state index in [2.05, 4.69) is 40.3 Å². The van der Waals surface area contributed by atoms with Crippen molar-refractivity contribution in [3.63, 3.8) is 0 Å². The van der Waals surface area contributed by atoms with Crippen LogP contribution in [0.15, 0.2) is 15.9 Å². The fraction of sp³-hybridized carbons (Fsp3) is 0.765. The van der Waals surface area contributed by atoms with Crippen LogP contribution >= 0.6 is 27.3 Å². The molecule has 1 N–H and O–H groups in total. The average molecular weight is 374 g/mol. The molecule has 120 valence electrons. The summed E-state index contributed by atoms with van der Waals surface area (Å²) in [5.74, 6) is 0. The molecule has 2 nitrogen and oxygen atoms in total. The van der Waals surface area contributed by atoms with Gasteiger partial charge in [0.25, 0.3) is 0 Å². The Balaban J connectivity index is 2.14. The molecular formula is C17H28BrNOS. The van der Waals surface area contributed by atoms with Crippen molar-refractivity contribution >= 4 is 27.3 Å². The molecule has 0 bridgehead atoms. The van der Waals surface area contributed by atoms with Gasteiger partial charge in [-0.25, -0.2) is 0 Å². The van der Waals surface area contributed by atoms with Gasteiger partial charge in [0.1, 0.15) is 0 Å². The van der Waals surface area contributed by atoms with Crippen molar-refractivity contribution in [2.45, 2.75) is 69.9 Å². The Morgan fingerprint density at radius 1 is 1.29 bits per heavy atom. The van der Waals surface area contributed by atoms with Crippen LogP contribution in [0.25, 0.3) is 0 Å². The maximum atomic E-state index is 6.13. The van der Waals surface area contributed by atoms with Crippen LogP contribution in [0.4, 0.5) is 0 Å². The summed E-state index contributed by atoms with van der Waals surface area (Å²) in [5.41, 5.74) is 0.0160. The summed E-state index contributed by atoms with van der Waals surface area (Å²) in [5, 5.41) is 3.78. The molecule has 0 radical (unpaired) electrons. The van der Waals surface area contributed by atoms with Crippen molar-refractivity contribution in [1.29, 1.82) is 0 Å².